The zero-order chi connectivity index (χ0) is 20.7. The Labute approximate surface area is 177 Å². The molecule has 0 saturated carbocycles. The third kappa shape index (κ3) is 3.24. The zero-order valence-corrected chi connectivity index (χ0v) is 17.1. The van der Waals surface area contributed by atoms with Crippen LogP contribution in [0, 0.1) is 17.7 Å². The van der Waals surface area contributed by atoms with Crippen molar-refractivity contribution in [1.29, 1.82) is 0 Å². The van der Waals surface area contributed by atoms with Crippen molar-refractivity contribution < 1.29 is 14.0 Å². The Morgan fingerprint density at radius 2 is 2.07 bits per heavy atom. The molecule has 30 heavy (non-hydrogen) atoms. The minimum absolute atomic E-state index is 0.0778. The van der Waals surface area contributed by atoms with Crippen LogP contribution in [0.1, 0.15) is 30.1 Å². The highest BCUT2D eigenvalue weighted by Crippen LogP contribution is 2.48. The van der Waals surface area contributed by atoms with Crippen LogP contribution >= 0.6 is 0 Å². The molecule has 3 nitrogen and oxygen atoms in total. The molecule has 2 bridgehead atoms. The van der Waals surface area contributed by atoms with Crippen molar-refractivity contribution in [3.63, 3.8) is 0 Å². The van der Waals surface area contributed by atoms with Crippen LogP contribution in [0.5, 0.6) is 0 Å². The lowest BCUT2D eigenvalue weighted by Crippen LogP contribution is -2.67. The number of halogens is 1. The van der Waals surface area contributed by atoms with Crippen LogP contribution in [-0.2, 0) is 6.54 Å². The molecule has 6 rings (SSSR count). The number of rotatable bonds is 5. The first kappa shape index (κ1) is 19.4. The molecule has 3 aromatic rings. The van der Waals surface area contributed by atoms with Crippen molar-refractivity contribution >= 4 is 10.9 Å². The lowest BCUT2D eigenvalue weighted by atomic mass is 9.71. The maximum Gasteiger partial charge on any atom is 0.131 e. The van der Waals surface area contributed by atoms with E-state index < -0.39 is 6.10 Å². The number of nitrogens with zero attached hydrogens (tertiary/aromatic N) is 2. The van der Waals surface area contributed by atoms with Crippen LogP contribution in [0.4, 0.5) is 4.39 Å². The van der Waals surface area contributed by atoms with Gasteiger partial charge in [0, 0.05) is 35.9 Å². The molecule has 0 radical (unpaired) electrons. The van der Waals surface area contributed by atoms with E-state index in [0.29, 0.717) is 11.8 Å². The summed E-state index contributed by atoms with van der Waals surface area (Å²) >= 11 is 0. The molecule has 1 aromatic heterocycles. The zero-order valence-electron chi connectivity index (χ0n) is 17.1. The summed E-state index contributed by atoms with van der Waals surface area (Å²) in [6.07, 6.45) is 5.39. The van der Waals surface area contributed by atoms with Crippen molar-refractivity contribution in [3.8, 4) is 0 Å². The van der Waals surface area contributed by atoms with Gasteiger partial charge in [0.25, 0.3) is 0 Å². The molecule has 0 aliphatic carbocycles. The summed E-state index contributed by atoms with van der Waals surface area (Å²) in [5.41, 5.74) is 2.85. The van der Waals surface area contributed by atoms with Crippen LogP contribution in [0.3, 0.4) is 0 Å². The Morgan fingerprint density at radius 3 is 2.90 bits per heavy atom. The van der Waals surface area contributed by atoms with E-state index in [1.54, 1.807) is 18.3 Å². The second kappa shape index (κ2) is 7.60. The summed E-state index contributed by atoms with van der Waals surface area (Å²) in [4.78, 5) is 4.47. The molecule has 0 amide bonds. The third-order valence-corrected chi connectivity index (χ3v) is 7.43. The average molecular weight is 404 g/mol. The number of benzene rings is 2. The monoisotopic (exact) mass is 403 g/mol. The van der Waals surface area contributed by atoms with Crippen LogP contribution in [0.2, 0.25) is 0 Å². The molecule has 3 fully saturated rings. The van der Waals surface area contributed by atoms with Gasteiger partial charge in [-0.1, -0.05) is 36.4 Å². The van der Waals surface area contributed by atoms with E-state index >= 15 is 0 Å². The highest BCUT2D eigenvalue weighted by atomic mass is 19.1. The summed E-state index contributed by atoms with van der Waals surface area (Å²) < 4.78 is 14.7. The fraction of sp³-hybridized carbons (Fsp3) is 0.346. The van der Waals surface area contributed by atoms with Gasteiger partial charge in [-0.15, -0.1) is 6.58 Å². The molecule has 4 heteroatoms. The van der Waals surface area contributed by atoms with E-state index in [1.807, 2.05) is 36.4 Å². The molecule has 4 heterocycles. The molecule has 4 unspecified atom stereocenters. The number of piperidine rings is 3. The summed E-state index contributed by atoms with van der Waals surface area (Å²) in [5.74, 6) is 0.808. The number of aromatic nitrogens is 1. The first-order chi connectivity index (χ1) is 14.6. The van der Waals surface area contributed by atoms with Crippen molar-refractivity contribution in [2.45, 2.75) is 31.5 Å². The van der Waals surface area contributed by atoms with E-state index in [4.69, 9.17) is 0 Å². The molecule has 0 spiro atoms. The minimum Gasteiger partial charge on any atom is -0.382 e. The van der Waals surface area contributed by atoms with E-state index in [9.17, 15) is 9.50 Å². The molecule has 5 atom stereocenters. The molecule has 154 valence electrons. The van der Waals surface area contributed by atoms with Crippen LogP contribution in [0.15, 0.2) is 73.4 Å². The van der Waals surface area contributed by atoms with Gasteiger partial charge in [0.2, 0.25) is 0 Å². The number of pyridine rings is 1. The third-order valence-electron chi connectivity index (χ3n) is 7.43. The number of hydrogen-bond acceptors (Lipinski definition) is 2. The summed E-state index contributed by atoms with van der Waals surface area (Å²) in [5, 5.41) is 12.7. The fourth-order valence-electron chi connectivity index (χ4n) is 5.96. The molecule has 3 saturated heterocycles. The number of fused-ring (bicyclic) bond motifs is 4. The van der Waals surface area contributed by atoms with Gasteiger partial charge in [-0.2, -0.15) is 0 Å². The van der Waals surface area contributed by atoms with Gasteiger partial charge >= 0.3 is 0 Å². The first-order valence-corrected chi connectivity index (χ1v) is 10.8. The normalized spacial score (nSPS) is 29.1. The Balaban J connectivity index is 1.56. The molecule has 2 aromatic carbocycles. The molecular weight excluding hydrogens is 375 g/mol. The summed E-state index contributed by atoms with van der Waals surface area (Å²) in [7, 11) is 0. The van der Waals surface area contributed by atoms with Gasteiger partial charge < -0.3 is 9.59 Å². The van der Waals surface area contributed by atoms with Crippen molar-refractivity contribution in [1.82, 2.24) is 4.98 Å². The first-order valence-electron chi connectivity index (χ1n) is 10.8. The van der Waals surface area contributed by atoms with Gasteiger partial charge in [-0.05, 0) is 35.7 Å². The van der Waals surface area contributed by atoms with E-state index in [1.165, 1.54) is 6.07 Å². The number of para-hydroxylation sites is 1. The molecular formula is C26H28FN2O+. The van der Waals surface area contributed by atoms with E-state index in [2.05, 4.69) is 17.6 Å². The van der Waals surface area contributed by atoms with Crippen molar-refractivity contribution in [2.75, 3.05) is 13.1 Å². The Hall–Kier alpha value is -2.56. The standard InChI is InChI=1S/C26H28FN2O/c1-2-19-17-29(16-18-6-5-7-21(27)14-18)13-11-20(19)15-25(29)26(30)23-10-12-28-24-9-4-3-8-22(23)24/h2-10,12,14,19-20,25-26,30H,1,11,13,15-17H2/q+1/t19?,20?,25?,26-,29?/m1/s1. The van der Waals surface area contributed by atoms with Crippen molar-refractivity contribution in [2.24, 2.45) is 11.8 Å². The number of aliphatic hydroxyl groups is 1. The number of hydrogen-bond donors (Lipinski definition) is 1. The molecule has 1 N–H and O–H groups in total. The van der Waals surface area contributed by atoms with Crippen LogP contribution in [-0.4, -0.2) is 33.7 Å². The predicted molar refractivity (Wildman–Crippen MR) is 117 cm³/mol. The van der Waals surface area contributed by atoms with Gasteiger partial charge in [0.1, 0.15) is 24.5 Å². The lowest BCUT2D eigenvalue weighted by molar-refractivity contribution is -0.984. The van der Waals surface area contributed by atoms with Gasteiger partial charge in [0.15, 0.2) is 0 Å². The Kier molecular flexibility index (Phi) is 4.92. The van der Waals surface area contributed by atoms with Crippen LogP contribution in [0.25, 0.3) is 10.9 Å². The SMILES string of the molecule is C=CC1C[N+]2(Cc3cccc(F)c3)CCC1CC2[C@H](O)c1ccnc2ccccc12. The second-order valence-electron chi connectivity index (χ2n) is 9.03. The van der Waals surface area contributed by atoms with E-state index in [-0.39, 0.29) is 11.9 Å². The predicted octanol–water partition coefficient (Wildman–Crippen LogP) is 5.02. The Bertz CT molecular complexity index is 1080. The number of aliphatic hydroxyl groups excluding tert-OH is 1. The maximum absolute atomic E-state index is 13.9. The van der Waals surface area contributed by atoms with Crippen LogP contribution < -0.4 is 0 Å². The van der Waals surface area contributed by atoms with E-state index in [0.717, 1.165) is 59.0 Å². The fourth-order valence-corrected chi connectivity index (χ4v) is 5.96. The average Bonchev–Trinajstić information content (AvgIpc) is 2.78. The molecule has 3 aliphatic heterocycles. The number of quaternary nitrogens is 1. The van der Waals surface area contributed by atoms with Gasteiger partial charge in [-0.3, -0.25) is 4.98 Å². The summed E-state index contributed by atoms with van der Waals surface area (Å²) in [6, 6.07) is 17.0. The molecule has 3 aliphatic rings. The smallest absolute Gasteiger partial charge is 0.131 e. The van der Waals surface area contributed by atoms with Gasteiger partial charge in [-0.25, -0.2) is 4.39 Å². The quantitative estimate of drug-likeness (QED) is 0.479. The maximum atomic E-state index is 13.9. The highest BCUT2D eigenvalue weighted by Gasteiger charge is 2.53. The van der Waals surface area contributed by atoms with Gasteiger partial charge in [0.05, 0.1) is 18.6 Å². The topological polar surface area (TPSA) is 33.1 Å². The largest absolute Gasteiger partial charge is 0.382 e. The summed E-state index contributed by atoms with van der Waals surface area (Å²) in [6.45, 7) is 6.78. The second-order valence-corrected chi connectivity index (χ2v) is 9.03. The Morgan fingerprint density at radius 1 is 1.20 bits per heavy atom. The highest BCUT2D eigenvalue weighted by molar-refractivity contribution is 5.82. The van der Waals surface area contributed by atoms with Crippen molar-refractivity contribution in [3.05, 3.63) is 90.4 Å². The lowest BCUT2D eigenvalue weighted by Gasteiger charge is -2.58. The minimum atomic E-state index is -0.583.